The molecule has 1 N–H and O–H groups in total. The summed E-state index contributed by atoms with van der Waals surface area (Å²) in [6, 6.07) is 14.2. The number of pyridine rings is 1. The Morgan fingerprint density at radius 3 is 2.59 bits per heavy atom. The second kappa shape index (κ2) is 9.54. The molecule has 1 aromatic carbocycles. The zero-order chi connectivity index (χ0) is 19.1. The van der Waals surface area contributed by atoms with Gasteiger partial charge in [-0.15, -0.1) is 0 Å². The summed E-state index contributed by atoms with van der Waals surface area (Å²) in [5.74, 6) is 1.24. The highest BCUT2D eigenvalue weighted by Crippen LogP contribution is 2.29. The van der Waals surface area contributed by atoms with Crippen molar-refractivity contribution >= 4 is 5.91 Å². The lowest BCUT2D eigenvalue weighted by molar-refractivity contribution is -0.121. The molecule has 144 valence electrons. The Kier molecular flexibility index (Phi) is 6.86. The minimum atomic E-state index is 0.0375. The van der Waals surface area contributed by atoms with Crippen molar-refractivity contribution in [3.8, 4) is 17.0 Å². The first-order valence-corrected chi connectivity index (χ1v) is 10.1. The van der Waals surface area contributed by atoms with Crippen molar-refractivity contribution < 1.29 is 9.53 Å². The number of hydrogen-bond acceptors (Lipinski definition) is 3. The molecule has 1 amide bonds. The van der Waals surface area contributed by atoms with E-state index in [1.807, 2.05) is 49.4 Å². The number of nitrogens with one attached hydrogen (secondary N) is 1. The molecule has 4 nitrogen and oxygen atoms in total. The van der Waals surface area contributed by atoms with Crippen LogP contribution in [0.1, 0.15) is 51.6 Å². The van der Waals surface area contributed by atoms with Gasteiger partial charge in [0.2, 0.25) is 11.8 Å². The highest BCUT2D eigenvalue weighted by molar-refractivity contribution is 5.79. The van der Waals surface area contributed by atoms with E-state index in [1.54, 1.807) is 0 Å². The summed E-state index contributed by atoms with van der Waals surface area (Å²) in [6.45, 7) is 4.62. The molecular formula is C23H30N2O2. The lowest BCUT2D eigenvalue weighted by Crippen LogP contribution is -2.39. The maximum atomic E-state index is 12.5. The average Bonchev–Trinajstić information content (AvgIpc) is 2.70. The molecule has 0 saturated heterocycles. The first-order valence-electron chi connectivity index (χ1n) is 10.1. The molecule has 0 radical (unpaired) electrons. The molecule has 1 aromatic heterocycles. The van der Waals surface area contributed by atoms with E-state index in [1.165, 1.54) is 32.1 Å². The van der Waals surface area contributed by atoms with Gasteiger partial charge in [0.25, 0.3) is 0 Å². The van der Waals surface area contributed by atoms with Crippen molar-refractivity contribution in [3.63, 3.8) is 0 Å². The van der Waals surface area contributed by atoms with E-state index in [0.717, 1.165) is 16.8 Å². The second-order valence-electron chi connectivity index (χ2n) is 7.39. The van der Waals surface area contributed by atoms with Gasteiger partial charge >= 0.3 is 0 Å². The Bertz CT molecular complexity index is 739. The first kappa shape index (κ1) is 19.4. The monoisotopic (exact) mass is 366 g/mol. The third-order valence-corrected chi connectivity index (χ3v) is 5.37. The highest BCUT2D eigenvalue weighted by atomic mass is 16.5. The van der Waals surface area contributed by atoms with Gasteiger partial charge in [-0.1, -0.05) is 49.6 Å². The highest BCUT2D eigenvalue weighted by Gasteiger charge is 2.21. The van der Waals surface area contributed by atoms with Crippen molar-refractivity contribution in [2.75, 3.05) is 6.61 Å². The Balaban J connectivity index is 1.67. The summed E-state index contributed by atoms with van der Waals surface area (Å²) in [4.78, 5) is 17.1. The number of aromatic nitrogens is 1. The number of nitrogens with zero attached hydrogens (tertiary/aromatic N) is 1. The van der Waals surface area contributed by atoms with E-state index in [4.69, 9.17) is 4.74 Å². The van der Waals surface area contributed by atoms with Crippen molar-refractivity contribution in [2.45, 2.75) is 58.4 Å². The topological polar surface area (TPSA) is 51.2 Å². The van der Waals surface area contributed by atoms with E-state index >= 15 is 0 Å². The standard InChI is InChI=1S/C23H30N2O2/c1-3-27-23-21(19-12-8-5-9-13-19)15-14-20(25-23)16-22(26)24-17(2)18-10-6-4-7-11-18/h5,8-9,12-15,17-18H,3-4,6-7,10-11,16H2,1-2H3,(H,24,26)/t17-/m1/s1. The Morgan fingerprint density at radius 2 is 1.89 bits per heavy atom. The van der Waals surface area contributed by atoms with Crippen LogP contribution < -0.4 is 10.1 Å². The second-order valence-corrected chi connectivity index (χ2v) is 7.39. The fraction of sp³-hybridized carbons (Fsp3) is 0.478. The van der Waals surface area contributed by atoms with Crippen molar-refractivity contribution in [2.24, 2.45) is 5.92 Å². The Labute approximate surface area is 162 Å². The summed E-state index contributed by atoms with van der Waals surface area (Å²) < 4.78 is 5.75. The lowest BCUT2D eigenvalue weighted by Gasteiger charge is -2.28. The van der Waals surface area contributed by atoms with Crippen molar-refractivity contribution in [1.82, 2.24) is 10.3 Å². The summed E-state index contributed by atoms with van der Waals surface area (Å²) in [5, 5.41) is 3.18. The maximum absolute atomic E-state index is 12.5. The van der Waals surface area contributed by atoms with E-state index < -0.39 is 0 Å². The number of rotatable bonds is 7. The molecule has 1 heterocycles. The minimum absolute atomic E-state index is 0.0375. The predicted molar refractivity (Wildman–Crippen MR) is 109 cm³/mol. The van der Waals surface area contributed by atoms with Crippen LogP contribution in [0.2, 0.25) is 0 Å². The van der Waals surface area contributed by atoms with Gasteiger partial charge in [-0.2, -0.15) is 0 Å². The lowest BCUT2D eigenvalue weighted by atomic mass is 9.84. The van der Waals surface area contributed by atoms with Crippen LogP contribution in [0.25, 0.3) is 11.1 Å². The summed E-state index contributed by atoms with van der Waals surface area (Å²) in [6.07, 6.45) is 6.62. The van der Waals surface area contributed by atoms with Gasteiger partial charge in [-0.25, -0.2) is 4.98 Å². The van der Waals surface area contributed by atoms with E-state index in [2.05, 4.69) is 17.2 Å². The normalized spacial score (nSPS) is 15.9. The summed E-state index contributed by atoms with van der Waals surface area (Å²) in [7, 11) is 0. The number of benzene rings is 1. The van der Waals surface area contributed by atoms with Crippen molar-refractivity contribution in [1.29, 1.82) is 0 Å². The smallest absolute Gasteiger partial charge is 0.226 e. The molecule has 1 fully saturated rings. The van der Waals surface area contributed by atoms with E-state index in [0.29, 0.717) is 18.4 Å². The number of amides is 1. The maximum Gasteiger partial charge on any atom is 0.226 e. The first-order chi connectivity index (χ1) is 13.2. The molecule has 3 rings (SSSR count). The van der Waals surface area contributed by atoms with Gasteiger partial charge in [0, 0.05) is 11.6 Å². The van der Waals surface area contributed by atoms with Gasteiger partial charge in [-0.05, 0) is 50.3 Å². The van der Waals surface area contributed by atoms with Crippen LogP contribution in [-0.4, -0.2) is 23.5 Å². The Morgan fingerprint density at radius 1 is 1.15 bits per heavy atom. The number of hydrogen-bond donors (Lipinski definition) is 1. The number of carbonyl (C=O) groups excluding carboxylic acids is 1. The van der Waals surface area contributed by atoms with Crippen LogP contribution in [0.3, 0.4) is 0 Å². The molecule has 1 atom stereocenters. The van der Waals surface area contributed by atoms with Crippen LogP contribution in [0.4, 0.5) is 0 Å². The molecule has 1 aliphatic rings. The van der Waals surface area contributed by atoms with Crippen LogP contribution >= 0.6 is 0 Å². The Hall–Kier alpha value is -2.36. The fourth-order valence-electron chi connectivity index (χ4n) is 3.88. The molecule has 0 spiro atoms. The van der Waals surface area contributed by atoms with Crippen molar-refractivity contribution in [3.05, 3.63) is 48.2 Å². The van der Waals surface area contributed by atoms with Gasteiger partial charge in [-0.3, -0.25) is 4.79 Å². The minimum Gasteiger partial charge on any atom is -0.478 e. The van der Waals surface area contributed by atoms with Gasteiger partial charge in [0.15, 0.2) is 0 Å². The largest absolute Gasteiger partial charge is 0.478 e. The van der Waals surface area contributed by atoms with Crippen LogP contribution in [0, 0.1) is 5.92 Å². The van der Waals surface area contributed by atoms with Crippen LogP contribution in [0.5, 0.6) is 5.88 Å². The summed E-state index contributed by atoms with van der Waals surface area (Å²) in [5.41, 5.74) is 2.76. The molecule has 1 saturated carbocycles. The molecule has 0 bridgehead atoms. The SMILES string of the molecule is CCOc1nc(CC(=O)N[C@H](C)C2CCCCC2)ccc1-c1ccccc1. The summed E-state index contributed by atoms with van der Waals surface area (Å²) >= 11 is 0. The molecule has 27 heavy (non-hydrogen) atoms. The molecule has 0 aliphatic heterocycles. The average molecular weight is 367 g/mol. The van der Waals surface area contributed by atoms with Gasteiger partial charge in [0.05, 0.1) is 18.7 Å². The number of carbonyl (C=O) groups is 1. The molecular weight excluding hydrogens is 336 g/mol. The van der Waals surface area contributed by atoms with E-state index in [9.17, 15) is 4.79 Å². The quantitative estimate of drug-likeness (QED) is 0.767. The fourth-order valence-corrected chi connectivity index (χ4v) is 3.88. The molecule has 0 unspecified atom stereocenters. The number of ether oxygens (including phenoxy) is 1. The zero-order valence-electron chi connectivity index (χ0n) is 16.4. The van der Waals surface area contributed by atoms with Gasteiger partial charge < -0.3 is 10.1 Å². The van der Waals surface area contributed by atoms with E-state index in [-0.39, 0.29) is 18.4 Å². The third-order valence-electron chi connectivity index (χ3n) is 5.37. The van der Waals surface area contributed by atoms with Crippen LogP contribution in [0.15, 0.2) is 42.5 Å². The zero-order valence-corrected chi connectivity index (χ0v) is 16.4. The van der Waals surface area contributed by atoms with Gasteiger partial charge in [0.1, 0.15) is 0 Å². The third kappa shape index (κ3) is 5.31. The molecule has 4 heteroatoms. The predicted octanol–water partition coefficient (Wildman–Crippen LogP) is 4.77. The molecule has 2 aromatic rings. The molecule has 1 aliphatic carbocycles. The van der Waals surface area contributed by atoms with Crippen LogP contribution in [-0.2, 0) is 11.2 Å².